The lowest BCUT2D eigenvalue weighted by Crippen LogP contribution is -2.32. The van der Waals surface area contributed by atoms with Crippen LogP contribution >= 0.6 is 22.7 Å². The van der Waals surface area contributed by atoms with Crippen LogP contribution in [0, 0.1) is 5.92 Å². The highest BCUT2D eigenvalue weighted by Crippen LogP contribution is 2.39. The molecule has 6 rings (SSSR count). The molecule has 0 atom stereocenters. The van der Waals surface area contributed by atoms with E-state index in [-0.39, 0.29) is 7.43 Å². The Balaban J connectivity index is 0.00000294. The second-order valence-electron chi connectivity index (χ2n) is 9.46. The summed E-state index contributed by atoms with van der Waals surface area (Å²) in [6.45, 7) is 2.03. The van der Waals surface area contributed by atoms with Crippen LogP contribution in [0.3, 0.4) is 0 Å². The summed E-state index contributed by atoms with van der Waals surface area (Å²) in [6.07, 6.45) is 5.87. The molecule has 4 aromatic heterocycles. The number of hydrogen-bond donors (Lipinski definition) is 1. The average Bonchev–Trinajstić information content (AvgIpc) is 3.28. The first-order chi connectivity index (χ1) is 18.0. The van der Waals surface area contributed by atoms with Gasteiger partial charge in [-0.1, -0.05) is 31.7 Å². The van der Waals surface area contributed by atoms with Crippen LogP contribution in [-0.4, -0.2) is 41.9 Å². The summed E-state index contributed by atoms with van der Waals surface area (Å²) in [5.41, 5.74) is 3.44. The molecule has 1 saturated carbocycles. The Kier molecular flexibility index (Phi) is 7.67. The number of para-hydroxylation sites is 1. The molecule has 0 bridgehead atoms. The molecule has 0 radical (unpaired) electrons. The van der Waals surface area contributed by atoms with Gasteiger partial charge in [-0.2, -0.15) is 0 Å². The van der Waals surface area contributed by atoms with E-state index in [0.717, 1.165) is 58.1 Å². The average molecular weight is 566 g/mol. The van der Waals surface area contributed by atoms with E-state index in [1.54, 1.807) is 27.8 Å². The Bertz CT molecular complexity index is 1610. The Morgan fingerprint density at radius 3 is 2.66 bits per heavy atom. The number of aromatic nitrogens is 3. The van der Waals surface area contributed by atoms with Gasteiger partial charge in [-0.3, -0.25) is 14.2 Å². The zero-order chi connectivity index (χ0) is 25.4. The maximum atomic E-state index is 13.6. The number of nitrogens with one attached hydrogen (secondary N) is 1. The molecule has 1 aliphatic carbocycles. The molecule has 0 amide bonds. The number of rotatable bonds is 10. The van der Waals surface area contributed by atoms with Crippen LogP contribution in [0.25, 0.3) is 21.6 Å². The highest BCUT2D eigenvalue weighted by Gasteiger charge is 2.33. The van der Waals surface area contributed by atoms with Gasteiger partial charge in [-0.25, -0.2) is 13.4 Å². The molecule has 0 saturated heterocycles. The van der Waals surface area contributed by atoms with Gasteiger partial charge >= 0.3 is 0 Å². The Hall–Kier alpha value is -3.05. The summed E-state index contributed by atoms with van der Waals surface area (Å²) < 4.78 is 29.2. The van der Waals surface area contributed by atoms with Crippen LogP contribution in [0.15, 0.2) is 76.6 Å². The van der Waals surface area contributed by atoms with Crippen molar-refractivity contribution in [2.24, 2.45) is 5.92 Å². The number of thiazole rings is 1. The van der Waals surface area contributed by atoms with Gasteiger partial charge in [0, 0.05) is 42.3 Å². The van der Waals surface area contributed by atoms with Gasteiger partial charge in [-0.05, 0) is 61.5 Å². The topological polar surface area (TPSA) is 82.2 Å². The Morgan fingerprint density at radius 2 is 1.92 bits per heavy atom. The van der Waals surface area contributed by atoms with E-state index in [1.165, 1.54) is 11.3 Å². The van der Waals surface area contributed by atoms with Crippen molar-refractivity contribution in [3.05, 3.63) is 82.9 Å². The molecule has 198 valence electrons. The second-order valence-corrected chi connectivity index (χ2v) is 13.6. The van der Waals surface area contributed by atoms with Crippen LogP contribution < -0.4 is 4.31 Å². The molecule has 1 aromatic carbocycles. The number of benzene rings is 1. The van der Waals surface area contributed by atoms with Crippen molar-refractivity contribution in [3.8, 4) is 10.7 Å². The molecule has 4 heterocycles. The standard InChI is InChI=1S/C27H27N5O2S3.CH4/c1-31(17-21-7-2-3-12-28-21)18-22-15-29-27(36-22)23-14-20-6-4-8-24(26(20)30-23)32(16-19-10-11-19)37(33,34)25-9-5-13-35-25;/h2-9,12-15,19,30H,10-11,16-18H2,1H3;1H4. The van der Waals surface area contributed by atoms with Gasteiger partial charge in [0.05, 0.1) is 22.6 Å². The summed E-state index contributed by atoms with van der Waals surface area (Å²) in [5, 5.41) is 3.67. The van der Waals surface area contributed by atoms with Gasteiger partial charge in [0.2, 0.25) is 0 Å². The lowest BCUT2D eigenvalue weighted by atomic mass is 10.2. The lowest BCUT2D eigenvalue weighted by Gasteiger charge is -2.24. The fourth-order valence-corrected chi connectivity index (χ4v) is 8.06. The number of thiophene rings is 1. The smallest absolute Gasteiger partial charge is 0.273 e. The number of hydrogen-bond acceptors (Lipinski definition) is 7. The largest absolute Gasteiger partial charge is 0.351 e. The predicted octanol–water partition coefficient (Wildman–Crippen LogP) is 6.62. The highest BCUT2D eigenvalue weighted by molar-refractivity contribution is 7.94. The van der Waals surface area contributed by atoms with E-state index in [1.807, 2.05) is 54.2 Å². The molecule has 7 nitrogen and oxygen atoms in total. The van der Waals surface area contributed by atoms with Crippen LogP contribution in [0.1, 0.15) is 30.8 Å². The molecule has 38 heavy (non-hydrogen) atoms. The van der Waals surface area contributed by atoms with E-state index in [9.17, 15) is 8.42 Å². The minimum absolute atomic E-state index is 0. The molecule has 0 spiro atoms. The number of H-pyrrole nitrogens is 1. The molecule has 10 heteroatoms. The summed E-state index contributed by atoms with van der Waals surface area (Å²) >= 11 is 2.90. The quantitative estimate of drug-likeness (QED) is 0.206. The highest BCUT2D eigenvalue weighted by atomic mass is 32.2. The summed E-state index contributed by atoms with van der Waals surface area (Å²) in [6, 6.07) is 17.3. The number of sulfonamides is 1. The van der Waals surface area contributed by atoms with Crippen molar-refractivity contribution >= 4 is 49.3 Å². The van der Waals surface area contributed by atoms with Crippen LogP contribution in [0.5, 0.6) is 0 Å². The zero-order valence-corrected chi connectivity index (χ0v) is 22.8. The van der Waals surface area contributed by atoms with Crippen molar-refractivity contribution in [1.82, 2.24) is 19.9 Å². The first-order valence-electron chi connectivity index (χ1n) is 12.2. The van der Waals surface area contributed by atoms with E-state index < -0.39 is 10.0 Å². The number of anilines is 1. The first-order valence-corrected chi connectivity index (χ1v) is 15.3. The van der Waals surface area contributed by atoms with Gasteiger partial charge in [0.15, 0.2) is 0 Å². The van der Waals surface area contributed by atoms with Crippen molar-refractivity contribution in [2.75, 3.05) is 17.9 Å². The predicted molar refractivity (Wildman–Crippen MR) is 157 cm³/mol. The Morgan fingerprint density at radius 1 is 1.05 bits per heavy atom. The van der Waals surface area contributed by atoms with Crippen molar-refractivity contribution in [3.63, 3.8) is 0 Å². The van der Waals surface area contributed by atoms with Crippen LogP contribution in [0.4, 0.5) is 5.69 Å². The Labute approximate surface area is 231 Å². The molecule has 0 unspecified atom stereocenters. The molecule has 1 N–H and O–H groups in total. The maximum Gasteiger partial charge on any atom is 0.273 e. The van der Waals surface area contributed by atoms with Crippen LogP contribution in [-0.2, 0) is 23.1 Å². The normalized spacial score (nSPS) is 13.6. The fourth-order valence-electron chi connectivity index (χ4n) is 4.44. The maximum absolute atomic E-state index is 13.6. The van der Waals surface area contributed by atoms with Crippen molar-refractivity contribution < 1.29 is 8.42 Å². The van der Waals surface area contributed by atoms with E-state index in [4.69, 9.17) is 0 Å². The van der Waals surface area contributed by atoms with Crippen LogP contribution in [0.2, 0.25) is 0 Å². The molecule has 1 aliphatic rings. The fraction of sp³-hybridized carbons (Fsp3) is 0.286. The molecular weight excluding hydrogens is 535 g/mol. The monoisotopic (exact) mass is 565 g/mol. The van der Waals surface area contributed by atoms with Gasteiger partial charge in [0.25, 0.3) is 10.0 Å². The SMILES string of the molecule is C.CN(Cc1ccccn1)Cc1cnc(-c2cc3cccc(N(CC4CC4)S(=O)(=O)c4cccs4)c3[nH]2)s1. The van der Waals surface area contributed by atoms with Gasteiger partial charge < -0.3 is 4.98 Å². The molecule has 0 aliphatic heterocycles. The zero-order valence-electron chi connectivity index (χ0n) is 20.4. The van der Waals surface area contributed by atoms with Gasteiger partial charge in [0.1, 0.15) is 9.22 Å². The summed E-state index contributed by atoms with van der Waals surface area (Å²) in [4.78, 5) is 16.0. The lowest BCUT2D eigenvalue weighted by molar-refractivity contribution is 0.318. The third kappa shape index (κ3) is 5.54. The number of pyridine rings is 1. The summed E-state index contributed by atoms with van der Waals surface area (Å²) in [5.74, 6) is 0.407. The number of fused-ring (bicyclic) bond motifs is 1. The first kappa shape index (κ1) is 26.6. The van der Waals surface area contributed by atoms with Crippen molar-refractivity contribution in [1.29, 1.82) is 0 Å². The van der Waals surface area contributed by atoms with Gasteiger partial charge in [-0.15, -0.1) is 22.7 Å². The minimum atomic E-state index is -3.64. The number of nitrogens with zero attached hydrogens (tertiary/aromatic N) is 4. The summed E-state index contributed by atoms with van der Waals surface area (Å²) in [7, 11) is -1.56. The van der Waals surface area contributed by atoms with E-state index >= 15 is 0 Å². The molecular formula is C28H31N5O2S3. The van der Waals surface area contributed by atoms with E-state index in [2.05, 4.69) is 33.0 Å². The van der Waals surface area contributed by atoms with Crippen molar-refractivity contribution in [2.45, 2.75) is 37.6 Å². The minimum Gasteiger partial charge on any atom is -0.351 e. The second kappa shape index (κ2) is 11.0. The van der Waals surface area contributed by atoms with E-state index in [0.29, 0.717) is 22.4 Å². The number of aromatic amines is 1. The third-order valence-electron chi connectivity index (χ3n) is 6.43. The third-order valence-corrected chi connectivity index (χ3v) is 10.6. The molecule has 5 aromatic rings. The molecule has 1 fully saturated rings.